The summed E-state index contributed by atoms with van der Waals surface area (Å²) in [5, 5.41) is 11.7. The molecule has 1 fully saturated rings. The molecule has 0 radical (unpaired) electrons. The van der Waals surface area contributed by atoms with Crippen LogP contribution in [0.3, 0.4) is 0 Å². The van der Waals surface area contributed by atoms with Crippen LogP contribution in [0.1, 0.15) is 24.8 Å². The highest BCUT2D eigenvalue weighted by atomic mass is 16.6. The number of hydrogen-bond acceptors (Lipinski definition) is 6. The average Bonchev–Trinajstić information content (AvgIpc) is 2.74. The highest BCUT2D eigenvalue weighted by Gasteiger charge is 2.27. The molecule has 0 unspecified atom stereocenters. The van der Waals surface area contributed by atoms with Crippen molar-refractivity contribution in [2.24, 2.45) is 0 Å². The van der Waals surface area contributed by atoms with Crippen molar-refractivity contribution in [3.63, 3.8) is 0 Å². The molecule has 2 aromatic heterocycles. The minimum atomic E-state index is -0.674. The first kappa shape index (κ1) is 18.9. The van der Waals surface area contributed by atoms with E-state index < -0.39 is 16.2 Å². The van der Waals surface area contributed by atoms with Gasteiger partial charge < -0.3 is 9.80 Å². The van der Waals surface area contributed by atoms with Gasteiger partial charge in [0.15, 0.2) is 0 Å². The van der Waals surface area contributed by atoms with Crippen molar-refractivity contribution < 1.29 is 4.92 Å². The zero-order valence-corrected chi connectivity index (χ0v) is 16.3. The van der Waals surface area contributed by atoms with Gasteiger partial charge in [-0.1, -0.05) is 24.3 Å². The van der Waals surface area contributed by atoms with Gasteiger partial charge >= 0.3 is 11.2 Å². The number of aromatic nitrogens is 2. The van der Waals surface area contributed by atoms with E-state index in [1.54, 1.807) is 30.1 Å². The van der Waals surface area contributed by atoms with Crippen LogP contribution in [-0.4, -0.2) is 34.4 Å². The number of nitrogens with zero attached hydrogens (tertiary/aromatic N) is 5. The average molecular weight is 393 g/mol. The molecule has 1 aliphatic rings. The van der Waals surface area contributed by atoms with Crippen molar-refractivity contribution in [3.8, 4) is 0 Å². The van der Waals surface area contributed by atoms with Gasteiger partial charge in [-0.3, -0.25) is 19.3 Å². The fourth-order valence-corrected chi connectivity index (χ4v) is 3.91. The molecule has 0 atom stereocenters. The van der Waals surface area contributed by atoms with E-state index in [9.17, 15) is 14.9 Å². The number of nitro groups is 1. The van der Waals surface area contributed by atoms with Crippen molar-refractivity contribution in [1.29, 1.82) is 0 Å². The maximum Gasteiger partial charge on any atom is 0.376 e. The van der Waals surface area contributed by atoms with E-state index in [0.29, 0.717) is 12.2 Å². The second-order valence-electron chi connectivity index (χ2n) is 7.31. The number of anilines is 2. The Bertz CT molecular complexity index is 1100. The van der Waals surface area contributed by atoms with E-state index in [2.05, 4.69) is 16.0 Å². The molecule has 1 aromatic carbocycles. The molecular formula is C21H23N5O3. The van der Waals surface area contributed by atoms with Crippen LogP contribution in [0.15, 0.2) is 53.5 Å². The highest BCUT2D eigenvalue weighted by Crippen LogP contribution is 2.28. The first-order valence-electron chi connectivity index (χ1n) is 9.76. The molecule has 0 N–H and O–H groups in total. The van der Waals surface area contributed by atoms with Gasteiger partial charge in [0.05, 0.1) is 4.92 Å². The Hall–Kier alpha value is -3.42. The molecule has 0 amide bonds. The third-order valence-electron chi connectivity index (χ3n) is 5.33. The summed E-state index contributed by atoms with van der Waals surface area (Å²) < 4.78 is 1.21. The molecule has 8 heteroatoms. The van der Waals surface area contributed by atoms with Gasteiger partial charge in [0.2, 0.25) is 5.82 Å². The molecule has 1 saturated heterocycles. The number of pyridine rings is 1. The van der Waals surface area contributed by atoms with E-state index >= 15 is 0 Å². The van der Waals surface area contributed by atoms with Crippen molar-refractivity contribution in [1.82, 2.24) is 9.38 Å². The van der Waals surface area contributed by atoms with Crippen LogP contribution in [-0.2, 0) is 6.54 Å². The zero-order valence-electron chi connectivity index (χ0n) is 16.3. The molecule has 3 heterocycles. The largest absolute Gasteiger partial charge is 0.376 e. The molecule has 0 bridgehead atoms. The van der Waals surface area contributed by atoms with Crippen LogP contribution in [0, 0.1) is 10.1 Å². The Balaban J connectivity index is 1.74. The second-order valence-corrected chi connectivity index (χ2v) is 7.31. The first-order chi connectivity index (χ1) is 14.1. The summed E-state index contributed by atoms with van der Waals surface area (Å²) in [6.45, 7) is 2.44. The standard InChI is InChI=1S/C21H23N5O3/c1-23(15-16-9-3-4-10-17(16)24-12-6-2-7-13-24)20-19(26(28)29)21(27)25-14-8-5-11-18(25)22-20/h3-5,8-11,14H,2,6-7,12-13,15H2,1H3. The summed E-state index contributed by atoms with van der Waals surface area (Å²) in [6, 6.07) is 13.2. The van der Waals surface area contributed by atoms with Gasteiger partial charge in [-0.15, -0.1) is 0 Å². The lowest BCUT2D eigenvalue weighted by molar-refractivity contribution is -0.385. The number of benzene rings is 1. The molecule has 150 valence electrons. The Labute approximate surface area is 168 Å². The van der Waals surface area contributed by atoms with Gasteiger partial charge in [-0.2, -0.15) is 0 Å². The second kappa shape index (κ2) is 7.90. The van der Waals surface area contributed by atoms with Crippen LogP contribution >= 0.6 is 0 Å². The van der Waals surface area contributed by atoms with E-state index in [1.165, 1.54) is 29.9 Å². The molecule has 0 saturated carbocycles. The Morgan fingerprint density at radius 1 is 1.10 bits per heavy atom. The van der Waals surface area contributed by atoms with Crippen LogP contribution in [0.4, 0.5) is 17.2 Å². The van der Waals surface area contributed by atoms with Crippen molar-refractivity contribution >= 4 is 22.8 Å². The van der Waals surface area contributed by atoms with Crippen molar-refractivity contribution in [3.05, 3.63) is 74.7 Å². The quantitative estimate of drug-likeness (QED) is 0.489. The summed E-state index contributed by atoms with van der Waals surface area (Å²) in [7, 11) is 1.74. The molecule has 8 nitrogen and oxygen atoms in total. The van der Waals surface area contributed by atoms with Crippen molar-refractivity contribution in [2.75, 3.05) is 29.9 Å². The summed E-state index contributed by atoms with van der Waals surface area (Å²) in [5.74, 6) is 0.0830. The van der Waals surface area contributed by atoms with E-state index in [4.69, 9.17) is 0 Å². The molecular weight excluding hydrogens is 370 g/mol. The van der Waals surface area contributed by atoms with Crippen LogP contribution in [0.5, 0.6) is 0 Å². The monoisotopic (exact) mass is 393 g/mol. The van der Waals surface area contributed by atoms with Gasteiger partial charge in [0.1, 0.15) is 5.65 Å². The van der Waals surface area contributed by atoms with Gasteiger partial charge in [0.25, 0.3) is 0 Å². The number of hydrogen-bond donors (Lipinski definition) is 0. The maximum absolute atomic E-state index is 12.7. The van der Waals surface area contributed by atoms with E-state index in [0.717, 1.165) is 24.3 Å². The number of piperidine rings is 1. The molecule has 3 aromatic rings. The fraction of sp³-hybridized carbons (Fsp3) is 0.333. The third kappa shape index (κ3) is 3.65. The summed E-state index contributed by atoms with van der Waals surface area (Å²) in [5.41, 5.74) is 1.40. The van der Waals surface area contributed by atoms with Crippen LogP contribution in [0.2, 0.25) is 0 Å². The van der Waals surface area contributed by atoms with Gasteiger partial charge in [-0.05, 0) is 43.0 Å². The lowest BCUT2D eigenvalue weighted by atomic mass is 10.1. The van der Waals surface area contributed by atoms with Gasteiger partial charge in [0, 0.05) is 38.6 Å². The summed E-state index contributed by atoms with van der Waals surface area (Å²) in [4.78, 5) is 32.2. The van der Waals surface area contributed by atoms with Gasteiger partial charge in [-0.25, -0.2) is 4.98 Å². The molecule has 29 heavy (non-hydrogen) atoms. The summed E-state index contributed by atoms with van der Waals surface area (Å²) in [6.07, 6.45) is 5.07. The zero-order chi connectivity index (χ0) is 20.4. The van der Waals surface area contributed by atoms with Crippen LogP contribution in [0.25, 0.3) is 5.65 Å². The highest BCUT2D eigenvalue weighted by molar-refractivity contribution is 5.63. The molecule has 1 aliphatic heterocycles. The van der Waals surface area contributed by atoms with E-state index in [-0.39, 0.29) is 5.82 Å². The Morgan fingerprint density at radius 3 is 2.59 bits per heavy atom. The van der Waals surface area contributed by atoms with Crippen molar-refractivity contribution in [2.45, 2.75) is 25.8 Å². The van der Waals surface area contributed by atoms with E-state index in [1.807, 2.05) is 18.2 Å². The fourth-order valence-electron chi connectivity index (χ4n) is 3.91. The lowest BCUT2D eigenvalue weighted by Crippen LogP contribution is -2.31. The predicted molar refractivity (Wildman–Crippen MR) is 113 cm³/mol. The maximum atomic E-state index is 12.7. The topological polar surface area (TPSA) is 84.0 Å². The Kier molecular flexibility index (Phi) is 5.16. The molecule has 0 aliphatic carbocycles. The molecule has 0 spiro atoms. The minimum Gasteiger partial charge on any atom is -0.371 e. The molecule has 4 rings (SSSR count). The van der Waals surface area contributed by atoms with Crippen LogP contribution < -0.4 is 15.4 Å². The normalized spacial score (nSPS) is 14.2. The number of fused-ring (bicyclic) bond motifs is 1. The minimum absolute atomic E-state index is 0.0830. The SMILES string of the molecule is CN(Cc1ccccc1N1CCCCC1)c1nc2ccccn2c(=O)c1[N+](=O)[O-]. The smallest absolute Gasteiger partial charge is 0.371 e. The summed E-state index contributed by atoms with van der Waals surface area (Å²) >= 11 is 0. The third-order valence-corrected chi connectivity index (χ3v) is 5.33. The number of rotatable bonds is 5. The lowest BCUT2D eigenvalue weighted by Gasteiger charge is -2.31. The Morgan fingerprint density at radius 2 is 1.83 bits per heavy atom. The predicted octanol–water partition coefficient (Wildman–Crippen LogP) is 3.23. The number of para-hydroxylation sites is 1. The first-order valence-corrected chi connectivity index (χ1v) is 9.76.